The number of methoxy groups -OCH3 is 2. The van der Waals surface area contributed by atoms with Gasteiger partial charge in [0.25, 0.3) is 5.91 Å². The lowest BCUT2D eigenvalue weighted by atomic mass is 10.2. The third-order valence-electron chi connectivity index (χ3n) is 4.17. The zero-order valence-corrected chi connectivity index (χ0v) is 14.8. The van der Waals surface area contributed by atoms with Gasteiger partial charge in [-0.3, -0.25) is 9.69 Å². The smallest absolute Gasteiger partial charge is 0.261 e. The molecule has 1 fully saturated rings. The molecule has 1 aliphatic heterocycles. The lowest BCUT2D eigenvalue weighted by Crippen LogP contribution is -2.36. The molecule has 6 heteroatoms. The Hall–Kier alpha value is -2.05. The van der Waals surface area contributed by atoms with Gasteiger partial charge in [0.15, 0.2) is 0 Å². The lowest BCUT2D eigenvalue weighted by Gasteiger charge is -2.17. The van der Waals surface area contributed by atoms with Crippen molar-refractivity contribution >= 4 is 17.2 Å². The molecule has 128 valence electrons. The third kappa shape index (κ3) is 4.07. The van der Waals surface area contributed by atoms with Gasteiger partial charge in [-0.15, -0.1) is 11.3 Å². The number of carbonyl (C=O) groups is 1. The minimum absolute atomic E-state index is 0.0277. The number of rotatable bonds is 6. The zero-order valence-electron chi connectivity index (χ0n) is 14.0. The molecule has 0 bridgehead atoms. The van der Waals surface area contributed by atoms with Crippen LogP contribution in [0.4, 0.5) is 0 Å². The Morgan fingerprint density at radius 1 is 1.29 bits per heavy atom. The van der Waals surface area contributed by atoms with Crippen molar-refractivity contribution < 1.29 is 14.3 Å². The molecule has 0 unspecified atom stereocenters. The number of benzene rings is 1. The van der Waals surface area contributed by atoms with E-state index in [4.69, 9.17) is 9.47 Å². The van der Waals surface area contributed by atoms with E-state index >= 15 is 0 Å². The summed E-state index contributed by atoms with van der Waals surface area (Å²) >= 11 is 1.47. The number of nitrogens with one attached hydrogen (secondary N) is 1. The third-order valence-corrected chi connectivity index (χ3v) is 5.04. The van der Waals surface area contributed by atoms with E-state index < -0.39 is 0 Å². The van der Waals surface area contributed by atoms with Crippen molar-refractivity contribution in [3.05, 3.63) is 46.2 Å². The molecule has 0 aliphatic carbocycles. The number of hydrogen-bond donors (Lipinski definition) is 1. The van der Waals surface area contributed by atoms with Gasteiger partial charge >= 0.3 is 0 Å². The van der Waals surface area contributed by atoms with Crippen LogP contribution in [0.3, 0.4) is 0 Å². The molecule has 2 heterocycles. The van der Waals surface area contributed by atoms with Crippen LogP contribution in [-0.4, -0.2) is 44.2 Å². The zero-order chi connectivity index (χ0) is 16.9. The monoisotopic (exact) mass is 346 g/mol. The second-order valence-corrected chi connectivity index (χ2v) is 6.84. The Labute approximate surface area is 146 Å². The molecule has 0 saturated carbocycles. The summed E-state index contributed by atoms with van der Waals surface area (Å²) in [4.78, 5) is 15.3. The molecular weight excluding hydrogens is 324 g/mol. The van der Waals surface area contributed by atoms with Crippen molar-refractivity contribution in [1.29, 1.82) is 0 Å². The van der Waals surface area contributed by atoms with Crippen molar-refractivity contribution in [1.82, 2.24) is 10.2 Å². The van der Waals surface area contributed by atoms with E-state index in [1.54, 1.807) is 14.2 Å². The normalized spacial score (nSPS) is 17.7. The first kappa shape index (κ1) is 16.8. The number of nitrogens with zero attached hydrogens (tertiary/aromatic N) is 1. The van der Waals surface area contributed by atoms with Crippen molar-refractivity contribution in [2.24, 2.45) is 0 Å². The second-order valence-electron chi connectivity index (χ2n) is 5.89. The van der Waals surface area contributed by atoms with Crippen LogP contribution >= 0.6 is 11.3 Å². The van der Waals surface area contributed by atoms with Crippen LogP contribution in [0.5, 0.6) is 11.5 Å². The highest BCUT2D eigenvalue weighted by molar-refractivity contribution is 7.12. The predicted octanol–water partition coefficient (Wildman–Crippen LogP) is 2.77. The lowest BCUT2D eigenvalue weighted by molar-refractivity contribution is 0.0942. The fourth-order valence-corrected chi connectivity index (χ4v) is 3.60. The van der Waals surface area contributed by atoms with E-state index in [1.165, 1.54) is 11.3 Å². The summed E-state index contributed by atoms with van der Waals surface area (Å²) in [5.41, 5.74) is 1.15. The fourth-order valence-electron chi connectivity index (χ4n) is 2.97. The molecule has 2 aromatic rings. The van der Waals surface area contributed by atoms with Crippen LogP contribution in [0, 0.1) is 0 Å². The van der Waals surface area contributed by atoms with E-state index in [2.05, 4.69) is 10.2 Å². The van der Waals surface area contributed by atoms with Gasteiger partial charge in [-0.2, -0.15) is 0 Å². The Morgan fingerprint density at radius 2 is 2.04 bits per heavy atom. The molecule has 24 heavy (non-hydrogen) atoms. The Bertz CT molecular complexity index is 665. The number of carbonyl (C=O) groups excluding carboxylic acids is 1. The molecule has 3 rings (SSSR count). The van der Waals surface area contributed by atoms with Gasteiger partial charge in [0, 0.05) is 31.7 Å². The van der Waals surface area contributed by atoms with E-state index in [0.29, 0.717) is 0 Å². The maximum atomic E-state index is 12.1. The number of thiophene rings is 1. The van der Waals surface area contributed by atoms with E-state index in [-0.39, 0.29) is 11.9 Å². The van der Waals surface area contributed by atoms with Gasteiger partial charge < -0.3 is 14.8 Å². The van der Waals surface area contributed by atoms with Crippen LogP contribution in [0.15, 0.2) is 35.7 Å². The van der Waals surface area contributed by atoms with Gasteiger partial charge in [-0.1, -0.05) is 6.07 Å². The first-order chi connectivity index (χ1) is 11.7. The Morgan fingerprint density at radius 3 is 2.67 bits per heavy atom. The standard InChI is InChI=1S/C18H22N2O3S/c1-22-15-8-13(9-16(10-15)23-2)11-20-6-5-14(12-20)19-18(21)17-4-3-7-24-17/h3-4,7-10,14H,5-6,11-12H2,1-2H3,(H,19,21)/t14-/m0/s1. The first-order valence-corrected chi connectivity index (χ1v) is 8.84. The number of hydrogen-bond acceptors (Lipinski definition) is 5. The molecule has 1 amide bonds. The van der Waals surface area contributed by atoms with Gasteiger partial charge in [-0.05, 0) is 35.6 Å². The van der Waals surface area contributed by atoms with Gasteiger partial charge in [-0.25, -0.2) is 0 Å². The minimum atomic E-state index is 0.0277. The Balaban J connectivity index is 1.57. The number of ether oxygens (including phenoxy) is 2. The summed E-state index contributed by atoms with van der Waals surface area (Å²) in [5.74, 6) is 1.62. The van der Waals surface area contributed by atoms with E-state index in [1.807, 2.05) is 35.7 Å². The number of likely N-dealkylation sites (tertiary alicyclic amines) is 1. The molecule has 1 aromatic carbocycles. The van der Waals surface area contributed by atoms with E-state index in [0.717, 1.165) is 48.0 Å². The van der Waals surface area contributed by atoms with Crippen molar-refractivity contribution in [3.8, 4) is 11.5 Å². The predicted molar refractivity (Wildman–Crippen MR) is 95.0 cm³/mol. The Kier molecular flexibility index (Phi) is 5.37. The molecule has 1 aliphatic rings. The molecule has 0 radical (unpaired) electrons. The first-order valence-electron chi connectivity index (χ1n) is 7.96. The van der Waals surface area contributed by atoms with Crippen LogP contribution in [0.1, 0.15) is 21.7 Å². The molecule has 1 atom stereocenters. The minimum Gasteiger partial charge on any atom is -0.497 e. The maximum absolute atomic E-state index is 12.1. The quantitative estimate of drug-likeness (QED) is 0.874. The highest BCUT2D eigenvalue weighted by atomic mass is 32.1. The topological polar surface area (TPSA) is 50.8 Å². The van der Waals surface area contributed by atoms with Crippen molar-refractivity contribution in [2.45, 2.75) is 19.0 Å². The fraction of sp³-hybridized carbons (Fsp3) is 0.389. The second kappa shape index (κ2) is 7.68. The van der Waals surface area contributed by atoms with Gasteiger partial charge in [0.2, 0.25) is 0 Å². The van der Waals surface area contributed by atoms with Crippen molar-refractivity contribution in [2.75, 3.05) is 27.3 Å². The van der Waals surface area contributed by atoms with Crippen molar-refractivity contribution in [3.63, 3.8) is 0 Å². The van der Waals surface area contributed by atoms with E-state index in [9.17, 15) is 4.79 Å². The molecule has 1 aromatic heterocycles. The summed E-state index contributed by atoms with van der Waals surface area (Å²) in [6, 6.07) is 9.89. The molecule has 0 spiro atoms. The summed E-state index contributed by atoms with van der Waals surface area (Å²) in [5, 5.41) is 5.05. The van der Waals surface area contributed by atoms with Gasteiger partial charge in [0.05, 0.1) is 19.1 Å². The maximum Gasteiger partial charge on any atom is 0.261 e. The van der Waals surface area contributed by atoms with Crippen LogP contribution < -0.4 is 14.8 Å². The summed E-state index contributed by atoms with van der Waals surface area (Å²) in [6.07, 6.45) is 0.970. The average molecular weight is 346 g/mol. The van der Waals surface area contributed by atoms with Crippen LogP contribution in [0.25, 0.3) is 0 Å². The largest absolute Gasteiger partial charge is 0.497 e. The van der Waals surface area contributed by atoms with Crippen LogP contribution in [-0.2, 0) is 6.54 Å². The highest BCUT2D eigenvalue weighted by Crippen LogP contribution is 2.24. The summed E-state index contributed by atoms with van der Waals surface area (Å²) < 4.78 is 10.6. The molecule has 1 saturated heterocycles. The average Bonchev–Trinajstić information content (AvgIpc) is 3.26. The molecule has 1 N–H and O–H groups in total. The number of amides is 1. The van der Waals surface area contributed by atoms with Crippen LogP contribution in [0.2, 0.25) is 0 Å². The SMILES string of the molecule is COc1cc(CN2CC[C@H](NC(=O)c3cccs3)C2)cc(OC)c1. The summed E-state index contributed by atoms with van der Waals surface area (Å²) in [7, 11) is 3.31. The molecule has 5 nitrogen and oxygen atoms in total. The van der Waals surface area contributed by atoms with Gasteiger partial charge in [0.1, 0.15) is 11.5 Å². The summed E-state index contributed by atoms with van der Waals surface area (Å²) in [6.45, 7) is 2.64. The highest BCUT2D eigenvalue weighted by Gasteiger charge is 2.24. The molecular formula is C18H22N2O3S.